The van der Waals surface area contributed by atoms with Crippen molar-refractivity contribution < 1.29 is 19.4 Å². The zero-order chi connectivity index (χ0) is 18.8. The van der Waals surface area contributed by atoms with Gasteiger partial charge < -0.3 is 25.2 Å². The van der Waals surface area contributed by atoms with Crippen molar-refractivity contribution in [3.05, 3.63) is 53.6 Å². The summed E-state index contributed by atoms with van der Waals surface area (Å²) in [5.74, 6) is 0.867. The number of carbonyl (C=O) groups excluding carboxylic acids is 1. The topological polar surface area (TPSA) is 79.8 Å². The van der Waals surface area contributed by atoms with E-state index >= 15 is 0 Å². The number of anilines is 1. The molecule has 140 valence electrons. The van der Waals surface area contributed by atoms with Crippen LogP contribution in [0.5, 0.6) is 11.5 Å². The van der Waals surface area contributed by atoms with Gasteiger partial charge in [0.1, 0.15) is 0 Å². The van der Waals surface area contributed by atoms with Crippen LogP contribution in [0, 0.1) is 6.92 Å². The Balaban J connectivity index is 1.87. The zero-order valence-electron chi connectivity index (χ0n) is 15.2. The van der Waals surface area contributed by atoms with E-state index in [-0.39, 0.29) is 19.1 Å². The average molecular weight is 358 g/mol. The van der Waals surface area contributed by atoms with E-state index in [1.165, 1.54) is 0 Å². The molecular weight excluding hydrogens is 332 g/mol. The van der Waals surface area contributed by atoms with E-state index in [1.807, 2.05) is 43.3 Å². The van der Waals surface area contributed by atoms with Crippen LogP contribution in [0.25, 0.3) is 0 Å². The van der Waals surface area contributed by atoms with Gasteiger partial charge in [0.2, 0.25) is 0 Å². The van der Waals surface area contributed by atoms with Crippen LogP contribution >= 0.6 is 0 Å². The van der Waals surface area contributed by atoms with Crippen LogP contribution in [-0.4, -0.2) is 37.9 Å². The maximum absolute atomic E-state index is 12.0. The molecule has 2 aromatic rings. The number of benzene rings is 2. The maximum Gasteiger partial charge on any atom is 0.262 e. The number of aliphatic hydroxyl groups is 1. The van der Waals surface area contributed by atoms with Gasteiger partial charge in [-0.25, -0.2) is 0 Å². The van der Waals surface area contributed by atoms with Crippen molar-refractivity contribution >= 4 is 11.6 Å². The van der Waals surface area contributed by atoms with E-state index in [0.29, 0.717) is 24.5 Å². The van der Waals surface area contributed by atoms with Crippen molar-refractivity contribution in [2.75, 3.05) is 32.2 Å². The number of amides is 1. The van der Waals surface area contributed by atoms with E-state index < -0.39 is 0 Å². The summed E-state index contributed by atoms with van der Waals surface area (Å²) >= 11 is 0. The Morgan fingerprint density at radius 2 is 1.88 bits per heavy atom. The molecule has 0 spiro atoms. The minimum atomic E-state index is -0.231. The Hall–Kier alpha value is -2.57. The lowest BCUT2D eigenvalue weighted by atomic mass is 10.2. The fourth-order valence-corrected chi connectivity index (χ4v) is 2.36. The summed E-state index contributed by atoms with van der Waals surface area (Å²) in [7, 11) is 1.57. The molecule has 1 amide bonds. The summed E-state index contributed by atoms with van der Waals surface area (Å²) in [6.07, 6.45) is 0.717. The van der Waals surface area contributed by atoms with Gasteiger partial charge in [0.05, 0.1) is 7.11 Å². The van der Waals surface area contributed by atoms with Gasteiger partial charge in [0.15, 0.2) is 18.1 Å². The van der Waals surface area contributed by atoms with Crippen LogP contribution in [0.1, 0.15) is 17.5 Å². The van der Waals surface area contributed by atoms with Crippen molar-refractivity contribution in [2.24, 2.45) is 0 Å². The predicted molar refractivity (Wildman–Crippen MR) is 102 cm³/mol. The number of methoxy groups -OCH3 is 1. The molecule has 0 aliphatic heterocycles. The number of aryl methyl sites for hydroxylation is 1. The molecule has 2 rings (SSSR count). The Bertz CT molecular complexity index is 701. The van der Waals surface area contributed by atoms with Gasteiger partial charge in [-0.15, -0.1) is 0 Å². The zero-order valence-corrected chi connectivity index (χ0v) is 15.2. The van der Waals surface area contributed by atoms with E-state index in [0.717, 1.165) is 23.4 Å². The van der Waals surface area contributed by atoms with Gasteiger partial charge in [0, 0.05) is 18.8 Å². The average Bonchev–Trinajstić information content (AvgIpc) is 2.65. The fourth-order valence-electron chi connectivity index (χ4n) is 2.36. The second-order valence-corrected chi connectivity index (χ2v) is 5.94. The van der Waals surface area contributed by atoms with Crippen LogP contribution in [0.15, 0.2) is 42.5 Å². The number of nitrogens with one attached hydrogen (secondary N) is 2. The van der Waals surface area contributed by atoms with Crippen molar-refractivity contribution in [3.63, 3.8) is 0 Å². The third-order valence-corrected chi connectivity index (χ3v) is 3.76. The van der Waals surface area contributed by atoms with Crippen molar-refractivity contribution in [3.8, 4) is 11.5 Å². The van der Waals surface area contributed by atoms with Gasteiger partial charge in [-0.1, -0.05) is 23.8 Å². The Kier molecular flexibility index (Phi) is 7.92. The lowest BCUT2D eigenvalue weighted by Gasteiger charge is -2.13. The molecule has 0 fully saturated rings. The minimum absolute atomic E-state index is 0.0989. The first-order chi connectivity index (χ1) is 12.6. The van der Waals surface area contributed by atoms with E-state index in [9.17, 15) is 4.79 Å². The van der Waals surface area contributed by atoms with Crippen molar-refractivity contribution in [2.45, 2.75) is 19.9 Å². The van der Waals surface area contributed by atoms with Crippen molar-refractivity contribution in [1.82, 2.24) is 5.32 Å². The van der Waals surface area contributed by atoms with Crippen LogP contribution < -0.4 is 20.1 Å². The molecule has 0 heterocycles. The Morgan fingerprint density at radius 1 is 1.12 bits per heavy atom. The molecule has 0 aliphatic carbocycles. The fraction of sp³-hybridized carbons (Fsp3) is 0.350. The molecule has 6 heteroatoms. The van der Waals surface area contributed by atoms with E-state index in [4.69, 9.17) is 14.6 Å². The highest BCUT2D eigenvalue weighted by Crippen LogP contribution is 2.28. The number of carbonyl (C=O) groups is 1. The molecule has 0 unspecified atom stereocenters. The first-order valence-corrected chi connectivity index (χ1v) is 8.60. The van der Waals surface area contributed by atoms with E-state index in [2.05, 4.69) is 10.6 Å². The Labute approximate surface area is 154 Å². The summed E-state index contributed by atoms with van der Waals surface area (Å²) < 4.78 is 10.9. The summed E-state index contributed by atoms with van der Waals surface area (Å²) in [4.78, 5) is 12.0. The molecule has 0 saturated carbocycles. The van der Waals surface area contributed by atoms with Gasteiger partial charge in [-0.2, -0.15) is 0 Å². The second-order valence-electron chi connectivity index (χ2n) is 5.94. The largest absolute Gasteiger partial charge is 0.493 e. The highest BCUT2D eigenvalue weighted by molar-refractivity contribution is 5.91. The first kappa shape index (κ1) is 19.8. The molecule has 0 saturated heterocycles. The van der Waals surface area contributed by atoms with Gasteiger partial charge >= 0.3 is 0 Å². The molecule has 0 radical (unpaired) electrons. The lowest BCUT2D eigenvalue weighted by Crippen LogP contribution is -2.20. The number of hydrogen-bond acceptors (Lipinski definition) is 5. The quantitative estimate of drug-likeness (QED) is 0.569. The molecule has 3 N–H and O–H groups in total. The highest BCUT2D eigenvalue weighted by Gasteiger charge is 2.09. The Morgan fingerprint density at radius 3 is 2.58 bits per heavy atom. The monoisotopic (exact) mass is 358 g/mol. The minimum Gasteiger partial charge on any atom is -0.493 e. The predicted octanol–water partition coefficient (Wildman–Crippen LogP) is 2.49. The molecule has 0 bridgehead atoms. The normalized spacial score (nSPS) is 10.4. The molecule has 0 atom stereocenters. The lowest BCUT2D eigenvalue weighted by molar-refractivity contribution is -0.118. The third kappa shape index (κ3) is 6.38. The molecule has 0 aliphatic rings. The maximum atomic E-state index is 12.0. The standard InChI is InChI=1S/C20H26N2O4/c1-15-4-7-17(8-5-15)22-20(24)14-26-18-9-6-16(12-19(18)25-2)13-21-10-3-11-23/h4-9,12,21,23H,3,10-11,13-14H2,1-2H3,(H,22,24). The number of aliphatic hydroxyl groups excluding tert-OH is 1. The smallest absolute Gasteiger partial charge is 0.262 e. The first-order valence-electron chi connectivity index (χ1n) is 8.60. The molecule has 2 aromatic carbocycles. The number of ether oxygens (including phenoxy) is 2. The van der Waals surface area contributed by atoms with Crippen LogP contribution in [0.3, 0.4) is 0 Å². The molecule has 6 nitrogen and oxygen atoms in total. The summed E-state index contributed by atoms with van der Waals surface area (Å²) in [5.41, 5.74) is 2.91. The third-order valence-electron chi connectivity index (χ3n) is 3.76. The van der Waals surface area contributed by atoms with Gasteiger partial charge in [-0.05, 0) is 49.7 Å². The van der Waals surface area contributed by atoms with Crippen LogP contribution in [-0.2, 0) is 11.3 Å². The summed E-state index contributed by atoms with van der Waals surface area (Å²) in [6.45, 7) is 3.49. The van der Waals surface area contributed by atoms with Crippen molar-refractivity contribution in [1.29, 1.82) is 0 Å². The second kappa shape index (κ2) is 10.4. The summed E-state index contributed by atoms with van der Waals surface area (Å²) in [5, 5.41) is 14.8. The summed E-state index contributed by atoms with van der Waals surface area (Å²) in [6, 6.07) is 13.2. The van der Waals surface area contributed by atoms with Crippen LogP contribution in [0.4, 0.5) is 5.69 Å². The molecular formula is C20H26N2O4. The van der Waals surface area contributed by atoms with Gasteiger partial charge in [-0.3, -0.25) is 4.79 Å². The highest BCUT2D eigenvalue weighted by atomic mass is 16.5. The van der Waals surface area contributed by atoms with Crippen LogP contribution in [0.2, 0.25) is 0 Å². The SMILES string of the molecule is COc1cc(CNCCCO)ccc1OCC(=O)Nc1ccc(C)cc1. The molecule has 0 aromatic heterocycles. The number of rotatable bonds is 10. The number of hydrogen-bond donors (Lipinski definition) is 3. The van der Waals surface area contributed by atoms with Gasteiger partial charge in [0.25, 0.3) is 5.91 Å². The molecule has 26 heavy (non-hydrogen) atoms. The van der Waals surface area contributed by atoms with E-state index in [1.54, 1.807) is 13.2 Å².